The summed E-state index contributed by atoms with van der Waals surface area (Å²) in [5, 5.41) is 5.71. The number of rotatable bonds is 3. The summed E-state index contributed by atoms with van der Waals surface area (Å²) >= 11 is 3.34. The van der Waals surface area contributed by atoms with Crippen molar-refractivity contribution >= 4 is 27.8 Å². The monoisotopic (exact) mass is 327 g/mol. The maximum absolute atomic E-state index is 11.9. The second-order valence-electron chi connectivity index (χ2n) is 4.73. The predicted molar refractivity (Wildman–Crippen MR) is 77.3 cm³/mol. The molecule has 0 radical (unpaired) electrons. The maximum atomic E-state index is 11.9. The molecule has 0 aromatic carbocycles. The molecule has 2 unspecified atom stereocenters. The van der Waals surface area contributed by atoms with E-state index in [2.05, 4.69) is 31.5 Å². The van der Waals surface area contributed by atoms with E-state index in [4.69, 9.17) is 4.74 Å². The average Bonchev–Trinajstić information content (AvgIpc) is 2.80. The molecule has 2 N–H and O–H groups in total. The summed E-state index contributed by atoms with van der Waals surface area (Å²) in [6.45, 7) is 1.90. The van der Waals surface area contributed by atoms with Crippen molar-refractivity contribution in [1.29, 1.82) is 0 Å². The van der Waals surface area contributed by atoms with Gasteiger partial charge >= 0.3 is 6.03 Å². The fraction of sp³-hybridized carbons (Fsp3) is 0.538. The lowest BCUT2D eigenvalue weighted by Crippen LogP contribution is -2.43. The van der Waals surface area contributed by atoms with Crippen LogP contribution in [0.25, 0.3) is 0 Å². The van der Waals surface area contributed by atoms with Gasteiger partial charge in [0, 0.05) is 17.8 Å². The number of hydrogen-bond donors (Lipinski definition) is 2. The van der Waals surface area contributed by atoms with Gasteiger partial charge in [-0.15, -0.1) is 0 Å². The largest absolute Gasteiger partial charge is 0.379 e. The van der Waals surface area contributed by atoms with Crippen molar-refractivity contribution in [2.75, 3.05) is 12.4 Å². The Morgan fingerprint density at radius 3 is 3.00 bits per heavy atom. The quantitative estimate of drug-likeness (QED) is 0.897. The Morgan fingerprint density at radius 2 is 2.32 bits per heavy atom. The van der Waals surface area contributed by atoms with Crippen molar-refractivity contribution in [3.63, 3.8) is 0 Å². The standard InChI is InChI=1S/C13H18BrN3O2/c1-8-6-9(14)7-15-12(8)17-13(18)16-10-4-3-5-11(10)19-2/h6-7,10-11H,3-5H2,1-2H3,(H2,15,16,17,18). The molecule has 1 saturated carbocycles. The Bertz CT molecular complexity index is 467. The zero-order chi connectivity index (χ0) is 13.8. The van der Waals surface area contributed by atoms with Crippen LogP contribution in [0.5, 0.6) is 0 Å². The van der Waals surface area contributed by atoms with Crippen molar-refractivity contribution in [2.24, 2.45) is 0 Å². The maximum Gasteiger partial charge on any atom is 0.320 e. The first kappa shape index (κ1) is 14.3. The number of carbonyl (C=O) groups is 1. The fourth-order valence-electron chi connectivity index (χ4n) is 2.36. The minimum atomic E-state index is -0.230. The highest BCUT2D eigenvalue weighted by molar-refractivity contribution is 9.10. The summed E-state index contributed by atoms with van der Waals surface area (Å²) in [5.41, 5.74) is 0.916. The molecule has 1 fully saturated rings. The second-order valence-corrected chi connectivity index (χ2v) is 5.64. The van der Waals surface area contributed by atoms with Crippen LogP contribution < -0.4 is 10.6 Å². The molecular weight excluding hydrogens is 310 g/mol. The molecule has 1 aromatic rings. The van der Waals surface area contributed by atoms with E-state index >= 15 is 0 Å². The van der Waals surface area contributed by atoms with Crippen molar-refractivity contribution in [1.82, 2.24) is 10.3 Å². The lowest BCUT2D eigenvalue weighted by Gasteiger charge is -2.20. The highest BCUT2D eigenvalue weighted by Gasteiger charge is 2.28. The molecule has 2 atom stereocenters. The summed E-state index contributed by atoms with van der Waals surface area (Å²) < 4.78 is 6.24. The van der Waals surface area contributed by atoms with Crippen LogP contribution in [0.1, 0.15) is 24.8 Å². The van der Waals surface area contributed by atoms with Gasteiger partial charge in [0.05, 0.1) is 12.1 Å². The summed E-state index contributed by atoms with van der Waals surface area (Å²) in [5.74, 6) is 0.577. The molecule has 1 heterocycles. The molecule has 1 aromatic heterocycles. The van der Waals surface area contributed by atoms with Crippen molar-refractivity contribution < 1.29 is 9.53 Å². The van der Waals surface area contributed by atoms with Crippen LogP contribution in [-0.4, -0.2) is 30.3 Å². The normalized spacial score (nSPS) is 22.3. The van der Waals surface area contributed by atoms with Gasteiger partial charge in [0.15, 0.2) is 0 Å². The number of ether oxygens (including phenoxy) is 1. The number of nitrogens with one attached hydrogen (secondary N) is 2. The fourth-order valence-corrected chi connectivity index (χ4v) is 2.80. The average molecular weight is 328 g/mol. The third-order valence-electron chi connectivity index (χ3n) is 3.35. The van der Waals surface area contributed by atoms with Crippen LogP contribution in [0, 0.1) is 6.92 Å². The molecule has 0 aliphatic heterocycles. The topological polar surface area (TPSA) is 63.2 Å². The number of aromatic nitrogens is 1. The minimum Gasteiger partial charge on any atom is -0.379 e. The van der Waals surface area contributed by atoms with Gasteiger partial charge in [-0.05, 0) is 53.7 Å². The number of urea groups is 1. The van der Waals surface area contributed by atoms with E-state index in [9.17, 15) is 4.79 Å². The van der Waals surface area contributed by atoms with Gasteiger partial charge in [0.1, 0.15) is 5.82 Å². The van der Waals surface area contributed by atoms with Crippen LogP contribution >= 0.6 is 15.9 Å². The smallest absolute Gasteiger partial charge is 0.320 e. The molecule has 104 valence electrons. The number of carbonyl (C=O) groups excluding carboxylic acids is 1. The highest BCUT2D eigenvalue weighted by Crippen LogP contribution is 2.22. The van der Waals surface area contributed by atoms with Gasteiger partial charge in [0.2, 0.25) is 0 Å². The van der Waals surface area contributed by atoms with E-state index in [0.717, 1.165) is 29.3 Å². The Labute approximate surface area is 121 Å². The zero-order valence-electron chi connectivity index (χ0n) is 11.1. The predicted octanol–water partition coefficient (Wildman–Crippen LogP) is 2.84. The minimum absolute atomic E-state index is 0.0840. The number of methoxy groups -OCH3 is 1. The summed E-state index contributed by atoms with van der Waals surface area (Å²) in [6, 6.07) is 1.77. The number of anilines is 1. The Balaban J connectivity index is 1.94. The van der Waals surface area contributed by atoms with E-state index in [1.807, 2.05) is 13.0 Å². The SMILES string of the molecule is COC1CCCC1NC(=O)Nc1ncc(Br)cc1C. The molecular formula is C13H18BrN3O2. The Hall–Kier alpha value is -1.14. The lowest BCUT2D eigenvalue weighted by atomic mass is 10.2. The van der Waals surface area contributed by atoms with Crippen LogP contribution in [0.4, 0.5) is 10.6 Å². The van der Waals surface area contributed by atoms with Crippen molar-refractivity contribution in [2.45, 2.75) is 38.3 Å². The van der Waals surface area contributed by atoms with Gasteiger partial charge in [0.25, 0.3) is 0 Å². The van der Waals surface area contributed by atoms with Gasteiger partial charge in [-0.2, -0.15) is 0 Å². The van der Waals surface area contributed by atoms with Crippen molar-refractivity contribution in [3.05, 3.63) is 22.3 Å². The molecule has 19 heavy (non-hydrogen) atoms. The lowest BCUT2D eigenvalue weighted by molar-refractivity contribution is 0.0882. The molecule has 2 amide bonds. The Morgan fingerprint density at radius 1 is 1.53 bits per heavy atom. The first-order chi connectivity index (χ1) is 9.10. The second kappa shape index (κ2) is 6.34. The molecule has 0 saturated heterocycles. The molecule has 5 nitrogen and oxygen atoms in total. The molecule has 0 bridgehead atoms. The van der Waals surface area contributed by atoms with E-state index in [0.29, 0.717) is 5.82 Å². The third kappa shape index (κ3) is 3.67. The van der Waals surface area contributed by atoms with Crippen LogP contribution in [0.15, 0.2) is 16.7 Å². The highest BCUT2D eigenvalue weighted by atomic mass is 79.9. The van der Waals surface area contributed by atoms with E-state index in [1.54, 1.807) is 13.3 Å². The van der Waals surface area contributed by atoms with E-state index < -0.39 is 0 Å². The number of hydrogen-bond acceptors (Lipinski definition) is 3. The third-order valence-corrected chi connectivity index (χ3v) is 3.78. The molecule has 2 rings (SSSR count). The summed E-state index contributed by atoms with van der Waals surface area (Å²) in [7, 11) is 1.68. The number of nitrogens with zero attached hydrogens (tertiary/aromatic N) is 1. The van der Waals surface area contributed by atoms with E-state index in [1.165, 1.54) is 0 Å². The van der Waals surface area contributed by atoms with Gasteiger partial charge in [-0.1, -0.05) is 0 Å². The van der Waals surface area contributed by atoms with Crippen molar-refractivity contribution in [3.8, 4) is 0 Å². The summed E-state index contributed by atoms with van der Waals surface area (Å²) in [4.78, 5) is 16.1. The number of halogens is 1. The molecule has 1 aliphatic carbocycles. The zero-order valence-corrected chi connectivity index (χ0v) is 12.7. The van der Waals surface area contributed by atoms with Gasteiger partial charge in [-0.25, -0.2) is 9.78 Å². The van der Waals surface area contributed by atoms with Crippen LogP contribution in [0.2, 0.25) is 0 Å². The van der Waals surface area contributed by atoms with Crippen LogP contribution in [-0.2, 0) is 4.74 Å². The summed E-state index contributed by atoms with van der Waals surface area (Å²) in [6.07, 6.45) is 4.81. The van der Waals surface area contributed by atoms with E-state index in [-0.39, 0.29) is 18.2 Å². The van der Waals surface area contributed by atoms with Crippen LogP contribution in [0.3, 0.4) is 0 Å². The Kier molecular flexibility index (Phi) is 4.76. The number of amides is 2. The molecule has 0 spiro atoms. The molecule has 1 aliphatic rings. The first-order valence-corrected chi connectivity index (χ1v) is 7.12. The molecule has 6 heteroatoms. The first-order valence-electron chi connectivity index (χ1n) is 6.32. The van der Waals surface area contributed by atoms with Gasteiger partial charge in [-0.3, -0.25) is 5.32 Å². The number of aryl methyl sites for hydroxylation is 1. The van der Waals surface area contributed by atoms with Gasteiger partial charge < -0.3 is 10.1 Å². The number of pyridine rings is 1.